The van der Waals surface area contributed by atoms with Crippen molar-refractivity contribution in [2.75, 3.05) is 0 Å². The monoisotopic (exact) mass is 323 g/mol. The van der Waals surface area contributed by atoms with Gasteiger partial charge in [-0.1, -0.05) is 12.1 Å². The van der Waals surface area contributed by atoms with Crippen molar-refractivity contribution < 1.29 is 22.8 Å². The average Bonchev–Trinajstić information content (AvgIpc) is 3.30. The molecule has 118 valence electrons. The molecule has 0 N–H and O–H groups in total. The van der Waals surface area contributed by atoms with Crippen LogP contribution < -0.4 is 0 Å². The predicted molar refractivity (Wildman–Crippen MR) is 83.4 cm³/mol. The summed E-state index contributed by atoms with van der Waals surface area (Å²) < 4.78 is 29.5. The van der Waals surface area contributed by atoms with Gasteiger partial charge in [-0.2, -0.15) is 0 Å². The minimum atomic E-state index is -0.606. The summed E-state index contributed by atoms with van der Waals surface area (Å²) in [7, 11) is 0. The summed E-state index contributed by atoms with van der Waals surface area (Å²) in [6.45, 7) is 0. The van der Waals surface area contributed by atoms with Crippen LogP contribution in [0.3, 0.4) is 0 Å². The normalized spacial score (nSPS) is 15.6. The van der Waals surface area contributed by atoms with E-state index in [0.717, 1.165) is 0 Å². The van der Waals surface area contributed by atoms with Crippen LogP contribution in [0.15, 0.2) is 74.3 Å². The lowest BCUT2D eigenvalue weighted by molar-refractivity contribution is -0.130. The van der Waals surface area contributed by atoms with E-state index in [-0.39, 0.29) is 17.4 Å². The number of hydrogen-bond acceptors (Lipinski definition) is 5. The molecule has 0 amide bonds. The van der Waals surface area contributed by atoms with Crippen molar-refractivity contribution in [1.29, 1.82) is 0 Å². The number of halogens is 1. The maximum atomic E-state index is 13.8. The van der Waals surface area contributed by atoms with Crippen LogP contribution in [-0.2, 0) is 9.53 Å². The van der Waals surface area contributed by atoms with Crippen LogP contribution in [0.4, 0.5) is 4.39 Å². The highest BCUT2D eigenvalue weighted by Crippen LogP contribution is 2.27. The Hall–Kier alpha value is -3.41. The summed E-state index contributed by atoms with van der Waals surface area (Å²) in [5.41, 5.74) is 0.423. The van der Waals surface area contributed by atoms with Gasteiger partial charge in [-0.3, -0.25) is 0 Å². The molecule has 4 rings (SSSR count). The van der Waals surface area contributed by atoms with Crippen molar-refractivity contribution in [2.45, 2.75) is 0 Å². The molecule has 0 saturated heterocycles. The molecule has 24 heavy (non-hydrogen) atoms. The molecule has 0 fully saturated rings. The maximum Gasteiger partial charge on any atom is 0.364 e. The Morgan fingerprint density at radius 1 is 1.00 bits per heavy atom. The number of carbonyl (C=O) groups is 1. The molecule has 2 aromatic heterocycles. The third kappa shape index (κ3) is 2.54. The molecule has 0 bridgehead atoms. The Bertz CT molecular complexity index is 967. The lowest BCUT2D eigenvalue weighted by Crippen LogP contribution is -2.04. The molecule has 0 unspecified atom stereocenters. The Morgan fingerprint density at radius 3 is 2.67 bits per heavy atom. The third-order valence-electron chi connectivity index (χ3n) is 3.40. The lowest BCUT2D eigenvalue weighted by Gasteiger charge is -1.97. The molecule has 0 spiro atoms. The van der Waals surface area contributed by atoms with Crippen molar-refractivity contribution in [3.8, 4) is 11.3 Å². The molecule has 0 saturated carbocycles. The average molecular weight is 323 g/mol. The number of nitrogens with zero attached hydrogens (tertiary/aromatic N) is 1. The second-order valence-electron chi connectivity index (χ2n) is 5.00. The third-order valence-corrected chi connectivity index (χ3v) is 3.40. The van der Waals surface area contributed by atoms with Gasteiger partial charge in [0, 0.05) is 6.08 Å². The number of cyclic esters (lactones) is 1. The Kier molecular flexibility index (Phi) is 3.35. The van der Waals surface area contributed by atoms with Crippen molar-refractivity contribution in [3.63, 3.8) is 0 Å². The van der Waals surface area contributed by atoms with Gasteiger partial charge in [0.25, 0.3) is 5.90 Å². The van der Waals surface area contributed by atoms with Crippen molar-refractivity contribution in [1.82, 2.24) is 0 Å². The number of aliphatic imine (C=N–C) groups is 1. The molecular weight excluding hydrogens is 313 g/mol. The van der Waals surface area contributed by atoms with Crippen LogP contribution in [0.2, 0.25) is 0 Å². The van der Waals surface area contributed by atoms with E-state index in [2.05, 4.69) is 4.99 Å². The summed E-state index contributed by atoms with van der Waals surface area (Å²) in [5.74, 6) is 0.191. The molecule has 0 radical (unpaired) electrons. The van der Waals surface area contributed by atoms with Crippen LogP contribution >= 0.6 is 0 Å². The fourth-order valence-electron chi connectivity index (χ4n) is 2.29. The van der Waals surface area contributed by atoms with Crippen molar-refractivity contribution in [3.05, 3.63) is 77.8 Å². The molecular formula is C18H10FNO4. The van der Waals surface area contributed by atoms with E-state index in [4.69, 9.17) is 13.6 Å². The van der Waals surface area contributed by atoms with Gasteiger partial charge in [-0.15, -0.1) is 0 Å². The zero-order valence-corrected chi connectivity index (χ0v) is 12.2. The largest absolute Gasteiger partial charge is 0.459 e. The van der Waals surface area contributed by atoms with Crippen molar-refractivity contribution in [2.24, 2.45) is 4.99 Å². The van der Waals surface area contributed by atoms with Gasteiger partial charge in [0.1, 0.15) is 17.3 Å². The first-order valence-corrected chi connectivity index (χ1v) is 7.12. The van der Waals surface area contributed by atoms with Gasteiger partial charge in [0.2, 0.25) is 0 Å². The van der Waals surface area contributed by atoms with Gasteiger partial charge < -0.3 is 13.6 Å². The molecule has 5 nitrogen and oxygen atoms in total. The molecule has 3 heterocycles. The highest BCUT2D eigenvalue weighted by atomic mass is 19.1. The molecule has 0 atom stereocenters. The summed E-state index contributed by atoms with van der Waals surface area (Å²) in [6.07, 6.45) is 2.89. The number of rotatable bonds is 3. The predicted octanol–water partition coefficient (Wildman–Crippen LogP) is 4.02. The van der Waals surface area contributed by atoms with E-state index in [1.54, 1.807) is 42.5 Å². The summed E-state index contributed by atoms with van der Waals surface area (Å²) in [5, 5.41) is 0. The van der Waals surface area contributed by atoms with Gasteiger partial charge in [-0.25, -0.2) is 14.2 Å². The summed E-state index contributed by atoms with van der Waals surface area (Å²) in [4.78, 5) is 16.0. The quantitative estimate of drug-likeness (QED) is 0.539. The molecule has 1 aliphatic heterocycles. The topological polar surface area (TPSA) is 64.9 Å². The van der Waals surface area contributed by atoms with E-state index < -0.39 is 5.97 Å². The maximum absolute atomic E-state index is 13.8. The van der Waals surface area contributed by atoms with Crippen LogP contribution in [-0.4, -0.2) is 11.9 Å². The zero-order chi connectivity index (χ0) is 16.5. The highest BCUT2D eigenvalue weighted by Gasteiger charge is 2.26. The highest BCUT2D eigenvalue weighted by molar-refractivity contribution is 6.11. The Balaban J connectivity index is 1.65. The standard InChI is InChI=1S/C18H10FNO4/c19-13-5-2-1-4-12(13)15-8-7-11(23-15)10-14-18(21)24-17(20-14)16-6-3-9-22-16/h1-10H/b14-10+. The van der Waals surface area contributed by atoms with Gasteiger partial charge in [-0.05, 0) is 36.4 Å². The summed E-state index contributed by atoms with van der Waals surface area (Å²) in [6, 6.07) is 12.8. The molecule has 1 aromatic carbocycles. The minimum absolute atomic E-state index is 0.0795. The molecule has 6 heteroatoms. The van der Waals surface area contributed by atoms with E-state index >= 15 is 0 Å². The minimum Gasteiger partial charge on any atom is -0.459 e. The smallest absolute Gasteiger partial charge is 0.364 e. The number of esters is 1. The van der Waals surface area contributed by atoms with Crippen LogP contribution in [0.1, 0.15) is 11.5 Å². The molecule has 1 aliphatic rings. The second-order valence-corrected chi connectivity index (χ2v) is 5.00. The van der Waals surface area contributed by atoms with Crippen molar-refractivity contribution >= 4 is 17.9 Å². The SMILES string of the molecule is O=C1OC(c2ccco2)=N/C1=C/c1ccc(-c2ccccc2F)o1. The van der Waals surface area contributed by atoms with Gasteiger partial charge >= 0.3 is 5.97 Å². The fraction of sp³-hybridized carbons (Fsp3) is 0. The van der Waals surface area contributed by atoms with E-state index in [9.17, 15) is 9.18 Å². The molecule has 3 aromatic rings. The van der Waals surface area contributed by atoms with Gasteiger partial charge in [0.15, 0.2) is 11.5 Å². The van der Waals surface area contributed by atoms with Crippen LogP contribution in [0.25, 0.3) is 17.4 Å². The zero-order valence-electron chi connectivity index (χ0n) is 12.2. The number of hydrogen-bond donors (Lipinski definition) is 0. The first kappa shape index (κ1) is 14.2. The van der Waals surface area contributed by atoms with Gasteiger partial charge in [0.05, 0.1) is 11.8 Å². The van der Waals surface area contributed by atoms with Crippen LogP contribution in [0, 0.1) is 5.82 Å². The number of benzene rings is 1. The first-order valence-electron chi connectivity index (χ1n) is 7.12. The lowest BCUT2D eigenvalue weighted by atomic mass is 10.1. The molecule has 0 aliphatic carbocycles. The van der Waals surface area contributed by atoms with E-state index in [1.165, 1.54) is 18.4 Å². The second kappa shape index (κ2) is 5.66. The van der Waals surface area contributed by atoms with E-state index in [1.807, 2.05) is 0 Å². The number of furan rings is 2. The fourth-order valence-corrected chi connectivity index (χ4v) is 2.29. The first-order chi connectivity index (χ1) is 11.7. The number of carbonyl (C=O) groups excluding carboxylic acids is 1. The number of ether oxygens (including phenoxy) is 1. The Labute approximate surface area is 135 Å². The van der Waals surface area contributed by atoms with Crippen LogP contribution in [0.5, 0.6) is 0 Å². The van der Waals surface area contributed by atoms with E-state index in [0.29, 0.717) is 22.8 Å². The summed E-state index contributed by atoms with van der Waals surface area (Å²) >= 11 is 0. The Morgan fingerprint density at radius 2 is 1.88 bits per heavy atom.